The maximum absolute atomic E-state index is 5.29. The molecule has 23 heavy (non-hydrogen) atoms. The number of nitrogens with zero attached hydrogens (tertiary/aromatic N) is 6. The van der Waals surface area contributed by atoms with Crippen LogP contribution in [0.15, 0.2) is 21.3 Å². The molecule has 0 radical (unpaired) electrons. The van der Waals surface area contributed by atoms with Crippen molar-refractivity contribution < 1.29 is 9.05 Å². The van der Waals surface area contributed by atoms with Gasteiger partial charge in [-0.05, 0) is 25.5 Å². The smallest absolute Gasteiger partial charge is 0.278 e. The fourth-order valence-electron chi connectivity index (χ4n) is 2.70. The number of aryl methyl sites for hydroxylation is 1. The molecule has 0 amide bonds. The van der Waals surface area contributed by atoms with Crippen molar-refractivity contribution in [2.45, 2.75) is 32.2 Å². The minimum atomic E-state index is 0.369. The lowest BCUT2D eigenvalue weighted by molar-refractivity contribution is 0.346. The molecule has 1 aliphatic rings. The third-order valence-electron chi connectivity index (χ3n) is 3.83. The summed E-state index contributed by atoms with van der Waals surface area (Å²) in [6.07, 6.45) is 4.61. The quantitative estimate of drug-likeness (QED) is 0.763. The van der Waals surface area contributed by atoms with Crippen molar-refractivity contribution in [1.29, 1.82) is 0 Å². The van der Waals surface area contributed by atoms with Crippen molar-refractivity contribution in [3.8, 4) is 11.6 Å². The highest BCUT2D eigenvalue weighted by Gasteiger charge is 2.18. The molecular weight excluding hydrogens is 298 g/mol. The van der Waals surface area contributed by atoms with Gasteiger partial charge in [0.25, 0.3) is 5.89 Å². The van der Waals surface area contributed by atoms with Gasteiger partial charge >= 0.3 is 0 Å². The van der Waals surface area contributed by atoms with Crippen LogP contribution in [0, 0.1) is 6.92 Å². The van der Waals surface area contributed by atoms with E-state index in [-0.39, 0.29) is 0 Å². The Kier molecular flexibility index (Phi) is 3.62. The third-order valence-corrected chi connectivity index (χ3v) is 3.83. The molecule has 1 atom stereocenters. The lowest BCUT2D eigenvalue weighted by Crippen LogP contribution is -2.31. The number of hydrogen-bond acceptors (Lipinski definition) is 8. The SMILES string of the molecule is Cc1nc(Cc2noc(-c3ccn(C4CCCNC4)n3)n2)no1. The number of piperidine rings is 1. The summed E-state index contributed by atoms with van der Waals surface area (Å²) in [7, 11) is 0. The van der Waals surface area contributed by atoms with Gasteiger partial charge in [-0.1, -0.05) is 10.3 Å². The Morgan fingerprint density at radius 3 is 2.91 bits per heavy atom. The Morgan fingerprint density at radius 2 is 2.13 bits per heavy atom. The zero-order valence-corrected chi connectivity index (χ0v) is 12.8. The minimum absolute atomic E-state index is 0.369. The van der Waals surface area contributed by atoms with Crippen molar-refractivity contribution >= 4 is 0 Å². The molecule has 120 valence electrons. The highest BCUT2D eigenvalue weighted by molar-refractivity contribution is 5.45. The van der Waals surface area contributed by atoms with Crippen LogP contribution in [0.5, 0.6) is 0 Å². The second kappa shape index (κ2) is 5.92. The number of hydrogen-bond donors (Lipinski definition) is 1. The molecule has 3 aromatic rings. The standard InChI is InChI=1S/C14H17N7O2/c1-9-16-12(19-22-9)7-13-17-14(23-20-13)11-4-6-21(18-11)10-3-2-5-15-8-10/h4,6,10,15H,2-3,5,7-8H2,1H3. The predicted octanol–water partition coefficient (Wildman–Crippen LogP) is 1.14. The molecule has 0 bridgehead atoms. The Hall–Kier alpha value is -2.55. The van der Waals surface area contributed by atoms with E-state index in [0.29, 0.717) is 41.6 Å². The van der Waals surface area contributed by atoms with Gasteiger partial charge in [0.2, 0.25) is 5.89 Å². The maximum Gasteiger partial charge on any atom is 0.278 e. The third kappa shape index (κ3) is 3.00. The molecule has 1 N–H and O–H groups in total. The summed E-state index contributed by atoms with van der Waals surface area (Å²) in [5.41, 5.74) is 0.679. The van der Waals surface area contributed by atoms with Gasteiger partial charge < -0.3 is 14.4 Å². The Morgan fingerprint density at radius 1 is 1.26 bits per heavy atom. The first kappa shape index (κ1) is 14.1. The predicted molar refractivity (Wildman–Crippen MR) is 78.5 cm³/mol. The lowest BCUT2D eigenvalue weighted by atomic mass is 10.1. The van der Waals surface area contributed by atoms with Crippen LogP contribution >= 0.6 is 0 Å². The molecule has 0 saturated carbocycles. The van der Waals surface area contributed by atoms with E-state index in [1.165, 1.54) is 0 Å². The molecule has 9 heteroatoms. The number of nitrogens with one attached hydrogen (secondary N) is 1. The van der Waals surface area contributed by atoms with Crippen molar-refractivity contribution in [2.24, 2.45) is 0 Å². The monoisotopic (exact) mass is 315 g/mol. The van der Waals surface area contributed by atoms with E-state index in [9.17, 15) is 0 Å². The normalized spacial score (nSPS) is 18.4. The molecule has 0 spiro atoms. The minimum Gasteiger partial charge on any atom is -0.340 e. The lowest BCUT2D eigenvalue weighted by Gasteiger charge is -2.22. The summed E-state index contributed by atoms with van der Waals surface area (Å²) in [4.78, 5) is 8.48. The van der Waals surface area contributed by atoms with Gasteiger partial charge in [-0.15, -0.1) is 0 Å². The van der Waals surface area contributed by atoms with E-state index in [1.54, 1.807) is 6.92 Å². The van der Waals surface area contributed by atoms with Crippen molar-refractivity contribution in [2.75, 3.05) is 13.1 Å². The van der Waals surface area contributed by atoms with Crippen LogP contribution in [-0.4, -0.2) is 43.2 Å². The molecular formula is C14H17N7O2. The summed E-state index contributed by atoms with van der Waals surface area (Å²) in [5, 5.41) is 15.7. The zero-order valence-electron chi connectivity index (χ0n) is 12.8. The highest BCUT2D eigenvalue weighted by Crippen LogP contribution is 2.20. The molecule has 0 aromatic carbocycles. The van der Waals surface area contributed by atoms with Gasteiger partial charge in [0.05, 0.1) is 12.5 Å². The number of aromatic nitrogens is 6. The second-order valence-electron chi connectivity index (χ2n) is 5.60. The van der Waals surface area contributed by atoms with E-state index >= 15 is 0 Å². The van der Waals surface area contributed by atoms with E-state index in [2.05, 4.69) is 30.7 Å². The first-order valence-electron chi connectivity index (χ1n) is 7.66. The molecule has 1 aliphatic heterocycles. The van der Waals surface area contributed by atoms with E-state index in [4.69, 9.17) is 9.05 Å². The van der Waals surface area contributed by atoms with Gasteiger partial charge in [-0.3, -0.25) is 4.68 Å². The Bertz CT molecular complexity index is 785. The van der Waals surface area contributed by atoms with E-state index in [0.717, 1.165) is 25.9 Å². The van der Waals surface area contributed by atoms with Crippen LogP contribution in [0.25, 0.3) is 11.6 Å². The van der Waals surface area contributed by atoms with Gasteiger partial charge in [-0.2, -0.15) is 15.1 Å². The molecule has 9 nitrogen and oxygen atoms in total. The highest BCUT2D eigenvalue weighted by atomic mass is 16.5. The van der Waals surface area contributed by atoms with Crippen LogP contribution in [-0.2, 0) is 6.42 Å². The van der Waals surface area contributed by atoms with Crippen molar-refractivity contribution in [1.82, 2.24) is 35.4 Å². The average molecular weight is 315 g/mol. The van der Waals surface area contributed by atoms with Gasteiger partial charge in [0, 0.05) is 19.7 Å². The van der Waals surface area contributed by atoms with Crippen LogP contribution in [0.3, 0.4) is 0 Å². The van der Waals surface area contributed by atoms with Crippen LogP contribution < -0.4 is 5.32 Å². The first-order valence-corrected chi connectivity index (χ1v) is 7.66. The van der Waals surface area contributed by atoms with Crippen LogP contribution in [0.2, 0.25) is 0 Å². The van der Waals surface area contributed by atoms with Crippen LogP contribution in [0.1, 0.15) is 36.4 Å². The number of rotatable bonds is 4. The average Bonchev–Trinajstić information content (AvgIpc) is 3.29. The zero-order chi connectivity index (χ0) is 15.6. The summed E-state index contributed by atoms with van der Waals surface area (Å²) < 4.78 is 12.2. The summed E-state index contributed by atoms with van der Waals surface area (Å²) >= 11 is 0. The molecule has 4 rings (SSSR count). The van der Waals surface area contributed by atoms with Gasteiger partial charge in [-0.25, -0.2) is 0 Å². The molecule has 0 aliphatic carbocycles. The molecule has 1 fully saturated rings. The topological polar surface area (TPSA) is 108 Å². The fraction of sp³-hybridized carbons (Fsp3) is 0.500. The summed E-state index contributed by atoms with van der Waals surface area (Å²) in [5.74, 6) is 1.97. The van der Waals surface area contributed by atoms with Crippen molar-refractivity contribution in [3.63, 3.8) is 0 Å². The second-order valence-corrected chi connectivity index (χ2v) is 5.60. The maximum atomic E-state index is 5.29. The summed E-state index contributed by atoms with van der Waals surface area (Å²) in [6, 6.07) is 2.27. The fourth-order valence-corrected chi connectivity index (χ4v) is 2.70. The Balaban J connectivity index is 1.49. The van der Waals surface area contributed by atoms with Crippen LogP contribution in [0.4, 0.5) is 0 Å². The van der Waals surface area contributed by atoms with Gasteiger partial charge in [0.1, 0.15) is 0 Å². The Labute approximate surface area is 132 Å². The van der Waals surface area contributed by atoms with Gasteiger partial charge in [0.15, 0.2) is 17.3 Å². The van der Waals surface area contributed by atoms with E-state index in [1.807, 2.05) is 16.9 Å². The van der Waals surface area contributed by atoms with E-state index < -0.39 is 0 Å². The molecule has 3 aromatic heterocycles. The molecule has 4 heterocycles. The first-order chi connectivity index (χ1) is 11.3. The molecule has 1 unspecified atom stereocenters. The largest absolute Gasteiger partial charge is 0.340 e. The van der Waals surface area contributed by atoms with Crippen molar-refractivity contribution in [3.05, 3.63) is 29.8 Å². The summed E-state index contributed by atoms with van der Waals surface area (Å²) in [6.45, 7) is 3.76. The molecule has 1 saturated heterocycles.